The van der Waals surface area contributed by atoms with Crippen LogP contribution in [0.3, 0.4) is 0 Å². The number of rotatable bonds is 5. The fourth-order valence-electron chi connectivity index (χ4n) is 6.78. The summed E-state index contributed by atoms with van der Waals surface area (Å²) in [5, 5.41) is 11.9. The highest BCUT2D eigenvalue weighted by Gasteiger charge is 2.75. The number of halogens is 2. The Labute approximate surface area is 244 Å². The number of thiophene rings is 1. The van der Waals surface area contributed by atoms with Crippen LogP contribution < -0.4 is 4.74 Å². The molecule has 4 amide bonds. The van der Waals surface area contributed by atoms with Crippen LogP contribution >= 0.6 is 34.5 Å². The summed E-state index contributed by atoms with van der Waals surface area (Å²) in [4.78, 5) is 53.7. The first-order valence-electron chi connectivity index (χ1n) is 12.9. The molecule has 8 nitrogen and oxygen atoms in total. The van der Waals surface area contributed by atoms with Crippen LogP contribution in [0.15, 0.2) is 53.4 Å². The van der Waals surface area contributed by atoms with E-state index in [0.717, 1.165) is 15.4 Å². The highest BCUT2D eigenvalue weighted by molar-refractivity contribution is 7.09. The number of likely N-dealkylation sites (tertiary alicyclic amines) is 2. The third-order valence-corrected chi connectivity index (χ3v) is 11.0. The van der Waals surface area contributed by atoms with Gasteiger partial charge < -0.3 is 9.84 Å². The van der Waals surface area contributed by atoms with Crippen molar-refractivity contribution in [3.05, 3.63) is 63.9 Å². The number of hydrogen-bond acceptors (Lipinski definition) is 7. The number of allylic oxidation sites excluding steroid dienone is 3. The zero-order valence-electron chi connectivity index (χ0n) is 21.7. The molecule has 1 saturated carbocycles. The molecular formula is C29H26Cl2N2O6S. The molecule has 208 valence electrons. The Balaban J connectivity index is 1.43. The Morgan fingerprint density at radius 2 is 1.90 bits per heavy atom. The minimum Gasteiger partial charge on any atom is -0.504 e. The molecule has 2 aliphatic carbocycles. The number of nitrogens with zero attached hydrogens (tertiary/aromatic N) is 2. The fourth-order valence-corrected chi connectivity index (χ4v) is 8.44. The molecule has 1 aromatic carbocycles. The Morgan fingerprint density at radius 1 is 1.12 bits per heavy atom. The van der Waals surface area contributed by atoms with Crippen LogP contribution in [0.4, 0.5) is 0 Å². The summed E-state index contributed by atoms with van der Waals surface area (Å²) in [6.07, 6.45) is 5.63. The smallest absolute Gasteiger partial charge is 0.253 e. The van der Waals surface area contributed by atoms with Crippen LogP contribution in [0.2, 0.25) is 0 Å². The van der Waals surface area contributed by atoms with Crippen LogP contribution in [0.25, 0.3) is 6.08 Å². The standard InChI is InChI=1S/C29H26Cl2N2O6S/c1-32-26(37)28(30)13-19-17(7-8-18-23(19)25(36)33(24(18)35)14-16-4-3-11-40-16)20(29(28,31)27(32)38)9-5-15-6-10-21(34)22(12-15)39-2/h3-7,9-12,18-20,23,34H,8,13-14H2,1-2H3/t18-,19+,20-,23-,28+,29-/m0/s1. The molecule has 2 aromatic rings. The Morgan fingerprint density at radius 3 is 2.60 bits per heavy atom. The van der Waals surface area contributed by atoms with Crippen molar-refractivity contribution in [1.29, 1.82) is 0 Å². The maximum absolute atomic E-state index is 13.8. The van der Waals surface area contributed by atoms with Gasteiger partial charge in [0.2, 0.25) is 11.8 Å². The second-order valence-electron chi connectivity index (χ2n) is 10.7. The van der Waals surface area contributed by atoms with E-state index < -0.39 is 45.2 Å². The SMILES string of the molecule is COc1cc(C=C[C@H]2C3=CC[C@@H]4C(=O)N(Cc5cccs5)C(=O)[C@@H]4[C@@H]3C[C@@]3(Cl)C(=O)N(C)C(=O)[C@@]23Cl)ccc1O. The summed E-state index contributed by atoms with van der Waals surface area (Å²) >= 11 is 15.7. The number of alkyl halides is 2. The molecule has 6 atom stereocenters. The number of methoxy groups -OCH3 is 1. The number of ether oxygens (including phenoxy) is 1. The van der Waals surface area contributed by atoms with Gasteiger partial charge in [-0.1, -0.05) is 35.9 Å². The molecular weight excluding hydrogens is 575 g/mol. The van der Waals surface area contributed by atoms with Gasteiger partial charge in [-0.25, -0.2) is 0 Å². The Kier molecular flexibility index (Phi) is 6.40. The lowest BCUT2D eigenvalue weighted by molar-refractivity contribution is -0.141. The topological polar surface area (TPSA) is 104 Å². The lowest BCUT2D eigenvalue weighted by atomic mass is 9.57. The molecule has 3 heterocycles. The maximum atomic E-state index is 13.8. The van der Waals surface area contributed by atoms with E-state index in [2.05, 4.69) is 0 Å². The van der Waals surface area contributed by atoms with Crippen LogP contribution in [-0.2, 0) is 25.7 Å². The summed E-state index contributed by atoms with van der Waals surface area (Å²) in [5.41, 5.74) is 1.39. The monoisotopic (exact) mass is 600 g/mol. The number of carbonyl (C=O) groups is 4. The van der Waals surface area contributed by atoms with Crippen molar-refractivity contribution in [1.82, 2.24) is 9.80 Å². The Hall–Kier alpha value is -3.14. The van der Waals surface area contributed by atoms with Gasteiger partial charge in [0.1, 0.15) is 0 Å². The number of aromatic hydroxyl groups is 1. The summed E-state index contributed by atoms with van der Waals surface area (Å²) in [6.45, 7) is 0.196. The van der Waals surface area contributed by atoms with E-state index in [4.69, 9.17) is 27.9 Å². The number of imide groups is 2. The highest BCUT2D eigenvalue weighted by Crippen LogP contribution is 2.63. The number of hydrogen-bond donors (Lipinski definition) is 1. The van der Waals surface area contributed by atoms with Crippen molar-refractivity contribution in [3.63, 3.8) is 0 Å². The van der Waals surface area contributed by atoms with Crippen molar-refractivity contribution >= 4 is 64.2 Å². The molecule has 0 unspecified atom stereocenters. The first-order chi connectivity index (χ1) is 19.0. The second-order valence-corrected chi connectivity index (χ2v) is 12.9. The number of amides is 4. The summed E-state index contributed by atoms with van der Waals surface area (Å²) in [7, 11) is 2.80. The number of phenolic OH excluding ortho intramolecular Hbond substituents is 1. The fraction of sp³-hybridized carbons (Fsp3) is 0.379. The largest absolute Gasteiger partial charge is 0.504 e. The minimum atomic E-state index is -1.82. The quantitative estimate of drug-likeness (QED) is 0.313. The third kappa shape index (κ3) is 3.63. The van der Waals surface area contributed by atoms with E-state index in [0.29, 0.717) is 12.0 Å². The first kappa shape index (κ1) is 27.1. The summed E-state index contributed by atoms with van der Waals surface area (Å²) in [5.74, 6) is -4.18. The summed E-state index contributed by atoms with van der Waals surface area (Å²) in [6, 6.07) is 8.53. The zero-order chi connectivity index (χ0) is 28.6. The van der Waals surface area contributed by atoms with Crippen molar-refractivity contribution < 1.29 is 29.0 Å². The van der Waals surface area contributed by atoms with Crippen LogP contribution in [0.1, 0.15) is 23.3 Å². The van der Waals surface area contributed by atoms with Crippen molar-refractivity contribution in [2.45, 2.75) is 29.1 Å². The maximum Gasteiger partial charge on any atom is 0.253 e. The molecule has 40 heavy (non-hydrogen) atoms. The molecule has 0 spiro atoms. The lowest BCUT2D eigenvalue weighted by Gasteiger charge is -2.49. The van der Waals surface area contributed by atoms with Crippen molar-refractivity contribution in [3.8, 4) is 11.5 Å². The molecule has 1 aromatic heterocycles. The predicted octanol–water partition coefficient (Wildman–Crippen LogP) is 4.20. The third-order valence-electron chi connectivity index (χ3n) is 8.74. The van der Waals surface area contributed by atoms with E-state index in [1.165, 1.54) is 36.5 Å². The van der Waals surface area contributed by atoms with E-state index in [1.807, 2.05) is 23.6 Å². The molecule has 0 radical (unpaired) electrons. The van der Waals surface area contributed by atoms with Gasteiger partial charge in [-0.3, -0.25) is 29.0 Å². The average Bonchev–Trinajstić information content (AvgIpc) is 3.58. The molecule has 11 heteroatoms. The molecule has 4 aliphatic rings. The van der Waals surface area contributed by atoms with E-state index in [1.54, 1.807) is 24.3 Å². The lowest BCUT2D eigenvalue weighted by Crippen LogP contribution is -2.60. The van der Waals surface area contributed by atoms with E-state index in [-0.39, 0.29) is 36.3 Å². The van der Waals surface area contributed by atoms with Crippen LogP contribution in [-0.4, -0.2) is 62.4 Å². The molecule has 2 aliphatic heterocycles. The predicted molar refractivity (Wildman–Crippen MR) is 150 cm³/mol. The average molecular weight is 602 g/mol. The summed E-state index contributed by atoms with van der Waals surface area (Å²) < 4.78 is 5.21. The molecule has 6 rings (SSSR count). The van der Waals surface area contributed by atoms with Gasteiger partial charge in [0.05, 0.1) is 25.5 Å². The normalized spacial score (nSPS) is 33.4. The van der Waals surface area contributed by atoms with Gasteiger partial charge >= 0.3 is 0 Å². The van der Waals surface area contributed by atoms with Gasteiger partial charge in [-0.2, -0.15) is 0 Å². The van der Waals surface area contributed by atoms with Gasteiger partial charge in [0, 0.05) is 17.8 Å². The number of fused-ring (bicyclic) bond motifs is 4. The molecule has 3 fully saturated rings. The van der Waals surface area contributed by atoms with Crippen molar-refractivity contribution in [2.24, 2.45) is 23.7 Å². The van der Waals surface area contributed by atoms with Gasteiger partial charge in [-0.05, 0) is 47.9 Å². The van der Waals surface area contributed by atoms with E-state index in [9.17, 15) is 24.3 Å². The van der Waals surface area contributed by atoms with Gasteiger partial charge in [0.15, 0.2) is 21.2 Å². The number of carbonyl (C=O) groups excluding carboxylic acids is 4. The van der Waals surface area contributed by atoms with Gasteiger partial charge in [-0.15, -0.1) is 34.5 Å². The van der Waals surface area contributed by atoms with Crippen molar-refractivity contribution in [2.75, 3.05) is 14.2 Å². The minimum absolute atomic E-state index is 0.0262. The van der Waals surface area contributed by atoms with Gasteiger partial charge in [0.25, 0.3) is 11.8 Å². The first-order valence-corrected chi connectivity index (χ1v) is 14.5. The molecule has 0 bridgehead atoms. The Bertz CT molecular complexity index is 1510. The highest BCUT2D eigenvalue weighted by atomic mass is 35.5. The number of phenols is 1. The molecule has 2 saturated heterocycles. The second kappa shape index (κ2) is 9.46. The van der Waals surface area contributed by atoms with Crippen LogP contribution in [0, 0.1) is 23.7 Å². The van der Waals surface area contributed by atoms with Crippen LogP contribution in [0.5, 0.6) is 11.5 Å². The molecule has 1 N–H and O–H groups in total. The van der Waals surface area contributed by atoms with E-state index >= 15 is 0 Å². The zero-order valence-corrected chi connectivity index (χ0v) is 24.0. The number of benzene rings is 1.